The number of hydrogen-bond acceptors (Lipinski definition) is 10. The zero-order valence-corrected chi connectivity index (χ0v) is 23.6. The topological polar surface area (TPSA) is 134 Å². The average molecular weight is 567 g/mol. The normalized spacial score (nSPS) is 11.6. The number of anilines is 5. The summed E-state index contributed by atoms with van der Waals surface area (Å²) < 4.78 is 31.1. The van der Waals surface area contributed by atoms with Crippen molar-refractivity contribution in [2.75, 3.05) is 36.1 Å². The average Bonchev–Trinajstić information content (AvgIpc) is 3.30. The molecule has 0 aliphatic rings. The van der Waals surface area contributed by atoms with E-state index < -0.39 is 15.1 Å². The zero-order valence-electron chi connectivity index (χ0n) is 21.3. The number of halogens is 1. The summed E-state index contributed by atoms with van der Waals surface area (Å²) in [5.74, 6) is 1.21. The van der Waals surface area contributed by atoms with Gasteiger partial charge in [0.15, 0.2) is 15.7 Å². The molecule has 0 fully saturated rings. The maximum Gasteiger partial charge on any atom is 0.238 e. The predicted octanol–water partition coefficient (Wildman–Crippen LogP) is 5.05. The van der Waals surface area contributed by atoms with E-state index in [1.807, 2.05) is 0 Å². The smallest absolute Gasteiger partial charge is 0.238 e. The number of ether oxygens (including phenoxy) is 1. The molecule has 2 aromatic heterocycles. The van der Waals surface area contributed by atoms with Crippen LogP contribution in [0.4, 0.5) is 28.8 Å². The quantitative estimate of drug-likeness (QED) is 0.237. The molecule has 200 valence electrons. The van der Waals surface area contributed by atoms with Crippen molar-refractivity contribution in [1.82, 2.24) is 15.3 Å². The first-order valence-electron chi connectivity index (χ1n) is 11.6. The van der Waals surface area contributed by atoms with Crippen molar-refractivity contribution in [3.63, 3.8) is 0 Å². The second-order valence-electron chi connectivity index (χ2n) is 8.84. The maximum absolute atomic E-state index is 12.7. The molecule has 0 aliphatic carbocycles. The Morgan fingerprint density at radius 3 is 2.57 bits per heavy atom. The fourth-order valence-electron chi connectivity index (χ4n) is 3.14. The van der Waals surface area contributed by atoms with Crippen LogP contribution < -0.4 is 26.0 Å². The summed E-state index contributed by atoms with van der Waals surface area (Å²) in [6.45, 7) is 8.36. The molecule has 0 unspecified atom stereocenters. The lowest BCUT2D eigenvalue weighted by Gasteiger charge is -2.14. The molecule has 0 saturated carbocycles. The molecule has 0 saturated heterocycles. The predicted molar refractivity (Wildman–Crippen MR) is 150 cm³/mol. The van der Waals surface area contributed by atoms with E-state index in [1.165, 1.54) is 13.3 Å². The Bertz CT molecular complexity index is 1340. The Morgan fingerprint density at radius 2 is 1.89 bits per heavy atom. The number of hydrogen-bond donors (Lipinski definition) is 4. The number of thiophene rings is 1. The fourth-order valence-corrected chi connectivity index (χ4v) is 5.98. The summed E-state index contributed by atoms with van der Waals surface area (Å²) in [6.07, 6.45) is 1.41. The lowest BCUT2D eigenvalue weighted by atomic mass is 10.2. The summed E-state index contributed by atoms with van der Waals surface area (Å²) in [5.41, 5.74) is 1.53. The number of nitrogens with zero attached hydrogens (tertiary/aromatic N) is 2. The zero-order chi connectivity index (χ0) is 27.2. The Balaban J connectivity index is 1.76. The van der Waals surface area contributed by atoms with Crippen molar-refractivity contribution < 1.29 is 17.9 Å². The van der Waals surface area contributed by atoms with Crippen molar-refractivity contribution in [2.24, 2.45) is 5.92 Å². The van der Waals surface area contributed by atoms with Crippen molar-refractivity contribution in [3.8, 4) is 5.75 Å². The maximum atomic E-state index is 12.7. The number of methoxy groups -OCH3 is 1. The van der Waals surface area contributed by atoms with E-state index in [4.69, 9.17) is 16.3 Å². The van der Waals surface area contributed by atoms with Crippen LogP contribution >= 0.6 is 22.9 Å². The van der Waals surface area contributed by atoms with Gasteiger partial charge in [-0.1, -0.05) is 25.4 Å². The second-order valence-corrected chi connectivity index (χ2v) is 12.9. The minimum absolute atomic E-state index is 0.160. The lowest BCUT2D eigenvalue weighted by molar-refractivity contribution is -0.115. The fraction of sp³-hybridized carbons (Fsp3) is 0.375. The second kappa shape index (κ2) is 12.5. The minimum Gasteiger partial charge on any atom is -0.494 e. The van der Waals surface area contributed by atoms with Crippen LogP contribution in [0.2, 0.25) is 5.02 Å². The van der Waals surface area contributed by atoms with Gasteiger partial charge < -0.3 is 26.0 Å². The summed E-state index contributed by atoms with van der Waals surface area (Å²) in [7, 11) is -1.97. The number of aromatic nitrogens is 2. The number of carbonyl (C=O) groups is 1. The number of carbonyl (C=O) groups excluding carboxylic acids is 1. The molecule has 0 aliphatic heterocycles. The van der Waals surface area contributed by atoms with Crippen LogP contribution in [0, 0.1) is 5.92 Å². The first kappa shape index (κ1) is 28.6. The van der Waals surface area contributed by atoms with E-state index in [2.05, 4.69) is 45.1 Å². The van der Waals surface area contributed by atoms with Crippen LogP contribution in [0.5, 0.6) is 5.75 Å². The Labute approximate surface area is 226 Å². The van der Waals surface area contributed by atoms with E-state index in [0.717, 1.165) is 17.9 Å². The molecular weight excluding hydrogens is 536 g/mol. The van der Waals surface area contributed by atoms with Crippen LogP contribution in [0.3, 0.4) is 0 Å². The molecule has 0 radical (unpaired) electrons. The number of amides is 1. The highest BCUT2D eigenvalue weighted by Gasteiger charge is 2.25. The molecule has 37 heavy (non-hydrogen) atoms. The minimum atomic E-state index is -3.48. The van der Waals surface area contributed by atoms with E-state index >= 15 is 0 Å². The van der Waals surface area contributed by atoms with E-state index in [-0.39, 0.29) is 33.4 Å². The largest absolute Gasteiger partial charge is 0.494 e. The summed E-state index contributed by atoms with van der Waals surface area (Å²) in [5, 5.41) is 13.4. The molecule has 0 bridgehead atoms. The van der Waals surface area contributed by atoms with Crippen LogP contribution in [0.15, 0.2) is 40.1 Å². The molecule has 3 rings (SSSR count). The molecule has 3 aromatic rings. The third-order valence-electron chi connectivity index (χ3n) is 5.08. The summed E-state index contributed by atoms with van der Waals surface area (Å²) in [4.78, 5) is 20.8. The van der Waals surface area contributed by atoms with Crippen molar-refractivity contribution in [2.45, 2.75) is 37.2 Å². The van der Waals surface area contributed by atoms with Gasteiger partial charge in [-0.2, -0.15) is 4.98 Å². The number of nitrogens with one attached hydrogen (secondary N) is 4. The third kappa shape index (κ3) is 7.54. The van der Waals surface area contributed by atoms with E-state index in [9.17, 15) is 13.2 Å². The van der Waals surface area contributed by atoms with Crippen LogP contribution in [-0.4, -0.2) is 49.7 Å². The highest BCUT2D eigenvalue weighted by molar-refractivity contribution is 7.94. The van der Waals surface area contributed by atoms with Gasteiger partial charge in [0.05, 0.1) is 36.5 Å². The standard InChI is InChI=1S/C24H31ClN6O4S2/c1-14(2)11-26-13-21(32)28-16-6-7-18(20(10-16)35-5)30-24-27-12-17(25)22(31-24)29-19-8-9-36-23(19)37(33,34)15(3)4/h6-10,12,14-15,26H,11,13H2,1-5H3,(H,28,32)(H2,27,29,30,31). The molecule has 0 atom stereocenters. The van der Waals surface area contributed by atoms with Gasteiger partial charge in [-0.25, -0.2) is 13.4 Å². The van der Waals surface area contributed by atoms with Crippen LogP contribution in [-0.2, 0) is 14.6 Å². The SMILES string of the molecule is COc1cc(NC(=O)CNCC(C)C)ccc1Nc1ncc(Cl)c(Nc2ccsc2S(=O)(=O)C(C)C)n1. The molecule has 2 heterocycles. The lowest BCUT2D eigenvalue weighted by Crippen LogP contribution is -2.30. The molecule has 0 spiro atoms. The third-order valence-corrected chi connectivity index (χ3v) is 9.02. The van der Waals surface area contributed by atoms with Gasteiger partial charge in [-0.05, 0) is 49.9 Å². The molecule has 1 amide bonds. The Kier molecular flexibility index (Phi) is 9.71. The van der Waals surface area contributed by atoms with Gasteiger partial charge in [0.25, 0.3) is 0 Å². The van der Waals surface area contributed by atoms with Gasteiger partial charge in [0.2, 0.25) is 11.9 Å². The van der Waals surface area contributed by atoms with Crippen LogP contribution in [0.1, 0.15) is 27.7 Å². The van der Waals surface area contributed by atoms with E-state index in [1.54, 1.807) is 43.5 Å². The molecule has 13 heteroatoms. The number of benzene rings is 1. The first-order chi connectivity index (χ1) is 17.5. The number of sulfone groups is 1. The van der Waals surface area contributed by atoms with Gasteiger partial charge in [-0.3, -0.25) is 4.79 Å². The monoisotopic (exact) mass is 566 g/mol. The highest BCUT2D eigenvalue weighted by atomic mass is 35.5. The van der Waals surface area contributed by atoms with Crippen molar-refractivity contribution in [3.05, 3.63) is 40.9 Å². The Hall–Kier alpha value is -2.93. The van der Waals surface area contributed by atoms with Gasteiger partial charge in [-0.15, -0.1) is 11.3 Å². The first-order valence-corrected chi connectivity index (χ1v) is 14.4. The van der Waals surface area contributed by atoms with Crippen LogP contribution in [0.25, 0.3) is 0 Å². The number of rotatable bonds is 12. The van der Waals surface area contributed by atoms with Crippen molar-refractivity contribution >= 4 is 67.5 Å². The van der Waals surface area contributed by atoms with Crippen molar-refractivity contribution in [1.29, 1.82) is 0 Å². The summed E-state index contributed by atoms with van der Waals surface area (Å²) >= 11 is 7.42. The molecule has 4 N–H and O–H groups in total. The molecule has 10 nitrogen and oxygen atoms in total. The Morgan fingerprint density at radius 1 is 1.14 bits per heavy atom. The summed E-state index contributed by atoms with van der Waals surface area (Å²) in [6, 6.07) is 6.81. The molecule has 1 aromatic carbocycles. The van der Waals surface area contributed by atoms with Gasteiger partial charge in [0.1, 0.15) is 15.0 Å². The highest BCUT2D eigenvalue weighted by Crippen LogP contribution is 2.35. The molecular formula is C24H31ClN6O4S2. The van der Waals surface area contributed by atoms with Gasteiger partial charge in [0, 0.05) is 11.8 Å². The van der Waals surface area contributed by atoms with E-state index in [0.29, 0.717) is 28.7 Å². The van der Waals surface area contributed by atoms with Gasteiger partial charge >= 0.3 is 0 Å².